The maximum atomic E-state index is 6.31. The maximum absolute atomic E-state index is 6.31. The molecule has 0 saturated carbocycles. The van der Waals surface area contributed by atoms with Gasteiger partial charge in [-0.3, -0.25) is 0 Å². The van der Waals surface area contributed by atoms with Crippen LogP contribution in [0.15, 0.2) is 24.3 Å². The van der Waals surface area contributed by atoms with Gasteiger partial charge in [-0.05, 0) is 24.8 Å². The Labute approximate surface area is 92.3 Å². The van der Waals surface area contributed by atoms with Gasteiger partial charge in [0.25, 0.3) is 0 Å². The Morgan fingerprint density at radius 2 is 1.79 bits per heavy atom. The molecule has 0 spiro atoms. The summed E-state index contributed by atoms with van der Waals surface area (Å²) in [5.41, 5.74) is 2.66. The van der Waals surface area contributed by atoms with Crippen molar-refractivity contribution >= 4 is 11.6 Å². The second kappa shape index (κ2) is 5.41. The van der Waals surface area contributed by atoms with Crippen molar-refractivity contribution in [3.05, 3.63) is 35.4 Å². The van der Waals surface area contributed by atoms with Gasteiger partial charge in [0.2, 0.25) is 0 Å². The zero-order valence-electron chi connectivity index (χ0n) is 9.26. The Hall–Kier alpha value is -0.490. The molecule has 0 aliphatic rings. The molecule has 1 rings (SSSR count). The molecule has 0 bridgehead atoms. The monoisotopic (exact) mass is 210 g/mol. The van der Waals surface area contributed by atoms with E-state index in [2.05, 4.69) is 45.0 Å². The molecule has 0 amide bonds. The topological polar surface area (TPSA) is 0 Å². The largest absolute Gasteiger partial charge is 0.122 e. The van der Waals surface area contributed by atoms with Crippen LogP contribution in [0.1, 0.15) is 43.7 Å². The molecular weight excluding hydrogens is 192 g/mol. The van der Waals surface area contributed by atoms with Crippen molar-refractivity contribution in [3.8, 4) is 0 Å². The van der Waals surface area contributed by atoms with Gasteiger partial charge in [-0.15, -0.1) is 11.6 Å². The zero-order chi connectivity index (χ0) is 10.6. The average molecular weight is 211 g/mol. The summed E-state index contributed by atoms with van der Waals surface area (Å²) in [6, 6.07) is 8.68. The van der Waals surface area contributed by atoms with Gasteiger partial charge < -0.3 is 0 Å². The smallest absolute Gasteiger partial charge is 0.0401 e. The molecule has 0 N–H and O–H groups in total. The van der Waals surface area contributed by atoms with E-state index in [1.54, 1.807) is 0 Å². The number of aryl methyl sites for hydroxylation is 1. The number of rotatable bonds is 4. The van der Waals surface area contributed by atoms with Gasteiger partial charge in [0.1, 0.15) is 0 Å². The van der Waals surface area contributed by atoms with Crippen molar-refractivity contribution in [2.24, 2.45) is 0 Å². The highest BCUT2D eigenvalue weighted by Crippen LogP contribution is 2.26. The molecule has 78 valence electrons. The van der Waals surface area contributed by atoms with Gasteiger partial charge in [0, 0.05) is 5.38 Å². The van der Waals surface area contributed by atoms with Crippen LogP contribution in [0.2, 0.25) is 0 Å². The van der Waals surface area contributed by atoms with Gasteiger partial charge >= 0.3 is 0 Å². The van der Waals surface area contributed by atoms with Crippen molar-refractivity contribution in [2.45, 2.75) is 44.9 Å². The van der Waals surface area contributed by atoms with E-state index >= 15 is 0 Å². The SMILES string of the molecule is CCCC(Cl)C(C)c1ccc(C)cc1. The summed E-state index contributed by atoms with van der Waals surface area (Å²) in [5, 5.41) is 0.266. The van der Waals surface area contributed by atoms with Crippen LogP contribution in [-0.4, -0.2) is 5.38 Å². The lowest BCUT2D eigenvalue weighted by atomic mass is 9.94. The summed E-state index contributed by atoms with van der Waals surface area (Å²) in [4.78, 5) is 0. The van der Waals surface area contributed by atoms with E-state index in [0.29, 0.717) is 5.92 Å². The van der Waals surface area contributed by atoms with E-state index in [0.717, 1.165) is 12.8 Å². The summed E-state index contributed by atoms with van der Waals surface area (Å²) in [6.07, 6.45) is 2.25. The lowest BCUT2D eigenvalue weighted by molar-refractivity contribution is 0.633. The number of benzene rings is 1. The van der Waals surface area contributed by atoms with Gasteiger partial charge in [-0.25, -0.2) is 0 Å². The molecule has 0 fully saturated rings. The van der Waals surface area contributed by atoms with Crippen molar-refractivity contribution in [3.63, 3.8) is 0 Å². The second-order valence-electron chi connectivity index (χ2n) is 4.00. The minimum atomic E-state index is 0.266. The highest BCUT2D eigenvalue weighted by atomic mass is 35.5. The number of halogens is 1. The third-order valence-electron chi connectivity index (χ3n) is 2.71. The Bertz CT molecular complexity index is 263. The van der Waals surface area contributed by atoms with Crippen LogP contribution in [-0.2, 0) is 0 Å². The number of alkyl halides is 1. The summed E-state index contributed by atoms with van der Waals surface area (Å²) in [7, 11) is 0. The molecule has 0 aliphatic carbocycles. The van der Waals surface area contributed by atoms with E-state index in [4.69, 9.17) is 11.6 Å². The predicted molar refractivity (Wildman–Crippen MR) is 64.1 cm³/mol. The molecule has 0 saturated heterocycles. The first kappa shape index (κ1) is 11.6. The quantitative estimate of drug-likeness (QED) is 0.642. The fraction of sp³-hybridized carbons (Fsp3) is 0.538. The van der Waals surface area contributed by atoms with Crippen LogP contribution < -0.4 is 0 Å². The molecule has 2 atom stereocenters. The van der Waals surface area contributed by atoms with Crippen LogP contribution in [0.3, 0.4) is 0 Å². The molecule has 0 radical (unpaired) electrons. The number of hydrogen-bond donors (Lipinski definition) is 0. The minimum absolute atomic E-state index is 0.266. The molecule has 2 unspecified atom stereocenters. The van der Waals surface area contributed by atoms with Crippen LogP contribution in [0.5, 0.6) is 0 Å². The van der Waals surface area contributed by atoms with Gasteiger partial charge in [0.05, 0.1) is 0 Å². The first-order valence-electron chi connectivity index (χ1n) is 5.35. The lowest BCUT2D eigenvalue weighted by Crippen LogP contribution is -2.09. The van der Waals surface area contributed by atoms with Crippen molar-refractivity contribution in [1.29, 1.82) is 0 Å². The minimum Gasteiger partial charge on any atom is -0.122 e. The van der Waals surface area contributed by atoms with Gasteiger partial charge in [-0.1, -0.05) is 50.1 Å². The Morgan fingerprint density at radius 3 is 2.29 bits per heavy atom. The molecule has 1 aromatic carbocycles. The van der Waals surface area contributed by atoms with E-state index < -0.39 is 0 Å². The summed E-state index contributed by atoms with van der Waals surface area (Å²) < 4.78 is 0. The molecule has 0 aliphatic heterocycles. The molecule has 1 aromatic rings. The summed E-state index contributed by atoms with van der Waals surface area (Å²) in [5.74, 6) is 0.456. The van der Waals surface area contributed by atoms with Crippen molar-refractivity contribution in [2.75, 3.05) is 0 Å². The zero-order valence-corrected chi connectivity index (χ0v) is 10.0. The van der Waals surface area contributed by atoms with Crippen LogP contribution in [0, 0.1) is 6.92 Å². The van der Waals surface area contributed by atoms with E-state index in [-0.39, 0.29) is 5.38 Å². The standard InChI is InChI=1S/C13H19Cl/c1-4-5-13(14)11(3)12-8-6-10(2)7-9-12/h6-9,11,13H,4-5H2,1-3H3. The number of hydrogen-bond acceptors (Lipinski definition) is 0. The van der Waals surface area contributed by atoms with Crippen LogP contribution in [0.4, 0.5) is 0 Å². The fourth-order valence-corrected chi connectivity index (χ4v) is 1.97. The molecular formula is C13H19Cl. The second-order valence-corrected chi connectivity index (χ2v) is 4.56. The normalized spacial score (nSPS) is 15.1. The Kier molecular flexibility index (Phi) is 4.47. The Balaban J connectivity index is 2.68. The summed E-state index contributed by atoms with van der Waals surface area (Å²) in [6.45, 7) is 6.49. The molecule has 0 aromatic heterocycles. The van der Waals surface area contributed by atoms with E-state index in [1.807, 2.05) is 0 Å². The third kappa shape index (κ3) is 3.02. The van der Waals surface area contributed by atoms with Gasteiger partial charge in [-0.2, -0.15) is 0 Å². The van der Waals surface area contributed by atoms with Gasteiger partial charge in [0.15, 0.2) is 0 Å². The average Bonchev–Trinajstić information content (AvgIpc) is 2.18. The molecule has 0 heterocycles. The highest BCUT2D eigenvalue weighted by molar-refractivity contribution is 6.21. The first-order chi connectivity index (χ1) is 6.65. The van der Waals surface area contributed by atoms with Crippen LogP contribution >= 0.6 is 11.6 Å². The molecule has 14 heavy (non-hydrogen) atoms. The fourth-order valence-electron chi connectivity index (χ4n) is 1.60. The van der Waals surface area contributed by atoms with E-state index in [1.165, 1.54) is 11.1 Å². The maximum Gasteiger partial charge on any atom is 0.0401 e. The Morgan fingerprint density at radius 1 is 1.21 bits per heavy atom. The van der Waals surface area contributed by atoms with Crippen LogP contribution in [0.25, 0.3) is 0 Å². The van der Waals surface area contributed by atoms with Crippen molar-refractivity contribution < 1.29 is 0 Å². The summed E-state index contributed by atoms with van der Waals surface area (Å²) >= 11 is 6.31. The molecule has 1 heteroatoms. The molecule has 0 nitrogen and oxygen atoms in total. The van der Waals surface area contributed by atoms with E-state index in [9.17, 15) is 0 Å². The van der Waals surface area contributed by atoms with Crippen molar-refractivity contribution in [1.82, 2.24) is 0 Å². The third-order valence-corrected chi connectivity index (χ3v) is 3.31. The predicted octanol–water partition coefficient (Wildman–Crippen LogP) is 4.51. The first-order valence-corrected chi connectivity index (χ1v) is 5.79. The highest BCUT2D eigenvalue weighted by Gasteiger charge is 2.14. The lowest BCUT2D eigenvalue weighted by Gasteiger charge is -2.17.